The van der Waals surface area contributed by atoms with Gasteiger partial charge in [0.1, 0.15) is 17.7 Å². The number of carbonyl (C=O) groups excluding carboxylic acids is 1. The van der Waals surface area contributed by atoms with Crippen molar-refractivity contribution in [1.82, 2.24) is 10.3 Å². The highest BCUT2D eigenvalue weighted by molar-refractivity contribution is 5.76. The van der Waals surface area contributed by atoms with Crippen molar-refractivity contribution in [2.24, 2.45) is 0 Å². The standard InChI is InChI=1S/C17H16FN2O2/c1-11-5-6-12(9-19-11)17-14(18)3-2-4-15(17)22-13-7-8-16(21)20-10-13/h3-6,9,13H,7-8,10H2,1H3,(H,20,21). The molecule has 113 valence electrons. The van der Waals surface area contributed by atoms with Crippen molar-refractivity contribution in [3.8, 4) is 16.9 Å². The number of rotatable bonds is 3. The number of nitrogens with one attached hydrogen (secondary N) is 1. The van der Waals surface area contributed by atoms with Gasteiger partial charge in [-0.2, -0.15) is 0 Å². The minimum atomic E-state index is -0.400. The molecule has 4 nitrogen and oxygen atoms in total. The Morgan fingerprint density at radius 2 is 2.27 bits per heavy atom. The molecule has 2 aromatic rings. The van der Waals surface area contributed by atoms with Crippen molar-refractivity contribution in [3.63, 3.8) is 0 Å². The number of aromatic nitrogens is 1. The van der Waals surface area contributed by atoms with Crippen LogP contribution in [0.1, 0.15) is 18.5 Å². The van der Waals surface area contributed by atoms with Crippen LogP contribution in [0.5, 0.6) is 5.75 Å². The SMILES string of the molecule is Cc1ccc(-c2c(F)c[c]cc2OC2CCC(=O)NC2)cn1. The number of hydrogen-bond acceptors (Lipinski definition) is 3. The molecule has 1 N–H and O–H groups in total. The van der Waals surface area contributed by atoms with Gasteiger partial charge in [0.2, 0.25) is 5.91 Å². The third-order valence-corrected chi connectivity index (χ3v) is 3.62. The molecule has 0 saturated carbocycles. The number of hydrogen-bond donors (Lipinski definition) is 1. The Morgan fingerprint density at radius 1 is 1.41 bits per heavy atom. The van der Waals surface area contributed by atoms with E-state index in [1.807, 2.05) is 19.1 Å². The first-order valence-corrected chi connectivity index (χ1v) is 7.19. The lowest BCUT2D eigenvalue weighted by atomic mass is 10.0. The summed E-state index contributed by atoms with van der Waals surface area (Å²) in [6, 6.07) is 9.29. The zero-order valence-electron chi connectivity index (χ0n) is 12.2. The Labute approximate surface area is 128 Å². The summed E-state index contributed by atoms with van der Waals surface area (Å²) in [5.41, 5.74) is 1.90. The topological polar surface area (TPSA) is 51.2 Å². The number of piperidine rings is 1. The molecule has 1 saturated heterocycles. The molecule has 1 amide bonds. The monoisotopic (exact) mass is 299 g/mol. The van der Waals surface area contributed by atoms with Crippen molar-refractivity contribution in [3.05, 3.63) is 48.0 Å². The van der Waals surface area contributed by atoms with Gasteiger partial charge in [0.15, 0.2) is 0 Å². The van der Waals surface area contributed by atoms with Crippen LogP contribution >= 0.6 is 0 Å². The minimum absolute atomic E-state index is 0.0219. The number of nitrogens with zero attached hydrogens (tertiary/aromatic N) is 1. The van der Waals surface area contributed by atoms with Crippen LogP contribution in [0.25, 0.3) is 11.1 Å². The minimum Gasteiger partial charge on any atom is -0.488 e. The van der Waals surface area contributed by atoms with E-state index >= 15 is 0 Å². The predicted molar refractivity (Wildman–Crippen MR) is 79.9 cm³/mol. The lowest BCUT2D eigenvalue weighted by molar-refractivity contribution is -0.123. The first-order chi connectivity index (χ1) is 10.6. The second-order valence-corrected chi connectivity index (χ2v) is 5.31. The lowest BCUT2D eigenvalue weighted by Crippen LogP contribution is -2.40. The number of aryl methyl sites for hydroxylation is 1. The molecular formula is C17H16FN2O2. The van der Waals surface area contributed by atoms with E-state index in [-0.39, 0.29) is 12.0 Å². The van der Waals surface area contributed by atoms with Crippen molar-refractivity contribution >= 4 is 5.91 Å². The fourth-order valence-electron chi connectivity index (χ4n) is 2.43. The molecule has 1 aromatic carbocycles. The normalized spacial score (nSPS) is 17.9. The van der Waals surface area contributed by atoms with Crippen molar-refractivity contribution < 1.29 is 13.9 Å². The summed E-state index contributed by atoms with van der Waals surface area (Å²) < 4.78 is 20.1. The van der Waals surface area contributed by atoms with Crippen LogP contribution in [-0.2, 0) is 4.79 Å². The quantitative estimate of drug-likeness (QED) is 0.948. The van der Waals surface area contributed by atoms with Gasteiger partial charge in [0.25, 0.3) is 0 Å². The molecule has 0 spiro atoms. The number of pyridine rings is 1. The van der Waals surface area contributed by atoms with Crippen LogP contribution in [0.2, 0.25) is 0 Å². The predicted octanol–water partition coefficient (Wildman–Crippen LogP) is 2.65. The summed E-state index contributed by atoms with van der Waals surface area (Å²) in [4.78, 5) is 15.4. The molecule has 1 radical (unpaired) electrons. The van der Waals surface area contributed by atoms with Gasteiger partial charge >= 0.3 is 0 Å². The number of amides is 1. The summed E-state index contributed by atoms with van der Waals surface area (Å²) in [6.45, 7) is 2.31. The Kier molecular flexibility index (Phi) is 4.04. The molecule has 1 aliphatic rings. The van der Waals surface area contributed by atoms with Crippen molar-refractivity contribution in [1.29, 1.82) is 0 Å². The average Bonchev–Trinajstić information content (AvgIpc) is 2.51. The van der Waals surface area contributed by atoms with Crippen LogP contribution in [-0.4, -0.2) is 23.5 Å². The largest absolute Gasteiger partial charge is 0.488 e. The Morgan fingerprint density at radius 3 is 2.95 bits per heavy atom. The summed E-state index contributed by atoms with van der Waals surface area (Å²) in [5.74, 6) is 0.0448. The lowest BCUT2D eigenvalue weighted by Gasteiger charge is -2.25. The molecule has 1 unspecified atom stereocenters. The summed E-state index contributed by atoms with van der Waals surface area (Å²) in [5, 5.41) is 2.75. The molecule has 1 atom stereocenters. The molecule has 0 bridgehead atoms. The molecule has 22 heavy (non-hydrogen) atoms. The molecule has 1 fully saturated rings. The molecule has 0 aliphatic carbocycles. The zero-order chi connectivity index (χ0) is 15.5. The maximum atomic E-state index is 14.2. The van der Waals surface area contributed by atoms with E-state index in [0.717, 1.165) is 5.69 Å². The van der Waals surface area contributed by atoms with E-state index in [4.69, 9.17) is 4.74 Å². The van der Waals surface area contributed by atoms with Crippen molar-refractivity contribution in [2.45, 2.75) is 25.9 Å². The van der Waals surface area contributed by atoms with Gasteiger partial charge in [-0.3, -0.25) is 9.78 Å². The number of carbonyl (C=O) groups is 1. The average molecular weight is 299 g/mol. The van der Waals surface area contributed by atoms with E-state index in [1.54, 1.807) is 12.3 Å². The van der Waals surface area contributed by atoms with Crippen LogP contribution in [0.3, 0.4) is 0 Å². The maximum absolute atomic E-state index is 14.2. The fourth-order valence-corrected chi connectivity index (χ4v) is 2.43. The summed E-state index contributed by atoms with van der Waals surface area (Å²) in [7, 11) is 0. The first-order valence-electron chi connectivity index (χ1n) is 7.19. The highest BCUT2D eigenvalue weighted by atomic mass is 19.1. The third-order valence-electron chi connectivity index (χ3n) is 3.62. The van der Waals surface area contributed by atoms with Gasteiger partial charge in [0.05, 0.1) is 12.1 Å². The zero-order valence-corrected chi connectivity index (χ0v) is 12.2. The number of ether oxygens (including phenoxy) is 1. The van der Waals surface area contributed by atoms with Gasteiger partial charge in [-0.25, -0.2) is 4.39 Å². The molecule has 1 aromatic heterocycles. The van der Waals surface area contributed by atoms with E-state index in [0.29, 0.717) is 36.3 Å². The smallest absolute Gasteiger partial charge is 0.220 e. The van der Waals surface area contributed by atoms with Crippen LogP contribution in [0, 0.1) is 18.8 Å². The van der Waals surface area contributed by atoms with Crippen LogP contribution in [0.4, 0.5) is 4.39 Å². The second-order valence-electron chi connectivity index (χ2n) is 5.31. The Hall–Kier alpha value is -2.43. The van der Waals surface area contributed by atoms with Gasteiger partial charge in [0, 0.05) is 23.9 Å². The maximum Gasteiger partial charge on any atom is 0.220 e. The fraction of sp³-hybridized carbons (Fsp3) is 0.294. The van der Waals surface area contributed by atoms with E-state index in [2.05, 4.69) is 16.4 Å². The van der Waals surface area contributed by atoms with Crippen molar-refractivity contribution in [2.75, 3.05) is 6.54 Å². The summed E-state index contributed by atoms with van der Waals surface area (Å²) in [6.07, 6.45) is 2.51. The van der Waals surface area contributed by atoms with Crippen LogP contribution in [0.15, 0.2) is 30.5 Å². The van der Waals surface area contributed by atoms with Gasteiger partial charge in [-0.05, 0) is 37.6 Å². The number of benzene rings is 1. The summed E-state index contributed by atoms with van der Waals surface area (Å²) >= 11 is 0. The molecule has 2 heterocycles. The van der Waals surface area contributed by atoms with Gasteiger partial charge in [-0.1, -0.05) is 6.07 Å². The Balaban J connectivity index is 1.89. The van der Waals surface area contributed by atoms with E-state index in [1.165, 1.54) is 6.07 Å². The highest BCUT2D eigenvalue weighted by Gasteiger charge is 2.21. The Bertz CT molecular complexity index is 676. The van der Waals surface area contributed by atoms with Crippen LogP contribution < -0.4 is 10.1 Å². The second kappa shape index (κ2) is 6.13. The van der Waals surface area contributed by atoms with E-state index in [9.17, 15) is 9.18 Å². The molecule has 1 aliphatic heterocycles. The van der Waals surface area contributed by atoms with E-state index < -0.39 is 5.82 Å². The third kappa shape index (κ3) is 3.08. The highest BCUT2D eigenvalue weighted by Crippen LogP contribution is 2.33. The molecule has 3 rings (SSSR count). The number of halogens is 1. The first kappa shape index (κ1) is 14.5. The molecular weight excluding hydrogens is 283 g/mol. The van der Waals surface area contributed by atoms with Gasteiger partial charge in [-0.15, -0.1) is 0 Å². The van der Waals surface area contributed by atoms with Gasteiger partial charge < -0.3 is 10.1 Å². The molecule has 5 heteroatoms.